The van der Waals surface area contributed by atoms with Crippen molar-refractivity contribution in [3.05, 3.63) is 35.5 Å². The van der Waals surface area contributed by atoms with Crippen molar-refractivity contribution in [1.82, 2.24) is 15.2 Å². The van der Waals surface area contributed by atoms with Crippen LogP contribution >= 0.6 is 0 Å². The smallest absolute Gasteiger partial charge is 0.258 e. The minimum absolute atomic E-state index is 0.306. The molecule has 25 heavy (non-hydrogen) atoms. The molecule has 1 aromatic carbocycles. The Labute approximate surface area is 150 Å². The average molecular weight is 354 g/mol. The average Bonchev–Trinajstić information content (AvgIpc) is 2.99. The number of halogens is 2. The molecule has 2 aliphatic rings. The summed E-state index contributed by atoms with van der Waals surface area (Å²) in [6.45, 7) is 3.90. The van der Waals surface area contributed by atoms with Gasteiger partial charge in [0.1, 0.15) is 5.69 Å². The van der Waals surface area contributed by atoms with E-state index >= 15 is 0 Å². The largest absolute Gasteiger partial charge is 0.353 e. The van der Waals surface area contributed by atoms with Crippen molar-refractivity contribution in [2.75, 3.05) is 0 Å². The molecule has 127 valence electrons. The zero-order valence-corrected chi connectivity index (χ0v) is 15.4. The number of hydrogen-bond donors (Lipinski definition) is 2. The van der Waals surface area contributed by atoms with Crippen LogP contribution in [0, 0.1) is 11.3 Å². The van der Waals surface area contributed by atoms with E-state index in [-0.39, 0.29) is 0 Å². The quantitative estimate of drug-likeness (QED) is 0.692. The van der Waals surface area contributed by atoms with Gasteiger partial charge < -0.3 is 4.98 Å². The monoisotopic (exact) mass is 354 g/mol. The third-order valence-electron chi connectivity index (χ3n) is 6.13. The highest BCUT2D eigenvalue weighted by atomic mass is 27.1. The number of fused-ring (bicyclic) bond motifs is 3. The van der Waals surface area contributed by atoms with Crippen LogP contribution in [0.25, 0.3) is 22.3 Å². The summed E-state index contributed by atoms with van der Waals surface area (Å²) in [5.74, 6) is -3.10. The van der Waals surface area contributed by atoms with E-state index in [0.717, 1.165) is 33.5 Å². The summed E-state index contributed by atoms with van der Waals surface area (Å²) < 4.78 is 29.6. The summed E-state index contributed by atoms with van der Waals surface area (Å²) >= 11 is 0.306. The number of hydrogen-bond acceptors (Lipinski definition) is 1. The molecule has 2 N–H and O–H groups in total. The van der Waals surface area contributed by atoms with Gasteiger partial charge >= 0.3 is 0 Å². The lowest BCUT2D eigenvalue weighted by molar-refractivity contribution is 0.0631. The first-order chi connectivity index (χ1) is 11.9. The zero-order chi connectivity index (χ0) is 17.4. The zero-order valence-electron chi connectivity index (χ0n) is 14.3. The molecule has 0 saturated heterocycles. The number of H-pyrrole nitrogens is 2. The molecule has 0 bridgehead atoms. The van der Waals surface area contributed by atoms with Crippen molar-refractivity contribution in [3.8, 4) is 11.4 Å². The molecule has 3 aromatic rings. The van der Waals surface area contributed by atoms with Crippen LogP contribution in [-0.2, 0) is 12.8 Å². The predicted molar refractivity (Wildman–Crippen MR) is 95.7 cm³/mol. The number of benzene rings is 1. The van der Waals surface area contributed by atoms with Crippen LogP contribution < -0.4 is 4.43 Å². The number of aromatic amines is 2. The normalized spacial score (nSPS) is 26.3. The van der Waals surface area contributed by atoms with Gasteiger partial charge in [0.25, 0.3) is 5.92 Å². The van der Waals surface area contributed by atoms with Gasteiger partial charge in [-0.25, -0.2) is 8.78 Å². The molecule has 0 unspecified atom stereocenters. The van der Waals surface area contributed by atoms with Gasteiger partial charge in [0.2, 0.25) is 15.2 Å². The lowest BCUT2D eigenvalue weighted by atomic mass is 9.87. The fourth-order valence-corrected chi connectivity index (χ4v) is 5.45. The third kappa shape index (κ3) is 2.04. The summed E-state index contributed by atoms with van der Waals surface area (Å²) in [7, 11) is 0. The van der Waals surface area contributed by atoms with Crippen molar-refractivity contribution in [2.24, 2.45) is 11.3 Å². The number of alkyl halides is 2. The van der Waals surface area contributed by atoms with E-state index in [2.05, 4.69) is 46.4 Å². The van der Waals surface area contributed by atoms with Gasteiger partial charge in [0.15, 0.2) is 0 Å². The first kappa shape index (κ1) is 15.6. The standard InChI is InChI=1S/C17H14F2N3.C2H5.Al/c1-16-8-13-10(7-14(16)17(16,18)19)15(22-21-13)12-6-9-4-2-3-5-11(9)20-12;1-2;/h2,4-6,14,20H,7-8H2,1H3,(H,21,22);1H2,2H3;/t14-,16+;;/m0../s1. The fourth-order valence-electron chi connectivity index (χ4n) is 4.47. The SMILES string of the molecule is C[CH2][Al][c]1ccc2cc(-c3n[nH]c4c3C[C@@H]3C(F)(F)[C@]3(C)C4)[nH]c2c1. The highest BCUT2D eigenvalue weighted by Gasteiger charge is 2.78. The van der Waals surface area contributed by atoms with Gasteiger partial charge in [0, 0.05) is 34.5 Å². The molecule has 0 aliphatic heterocycles. The second kappa shape index (κ2) is 4.96. The maximum Gasteiger partial charge on any atom is 0.258 e. The van der Waals surface area contributed by atoms with Crippen LogP contribution in [0.3, 0.4) is 0 Å². The Hall–Kier alpha value is -1.64. The summed E-state index contributed by atoms with van der Waals surface area (Å²) in [6.07, 6.45) is 0.794. The molecule has 1 saturated carbocycles. The Kier molecular flexibility index (Phi) is 3.10. The van der Waals surface area contributed by atoms with Crippen LogP contribution in [0.5, 0.6) is 0 Å². The van der Waals surface area contributed by atoms with Gasteiger partial charge in [-0.05, 0) is 17.9 Å². The number of aromatic nitrogens is 3. The van der Waals surface area contributed by atoms with Crippen LogP contribution in [0.15, 0.2) is 24.3 Å². The van der Waals surface area contributed by atoms with E-state index in [1.807, 2.05) is 0 Å². The number of nitrogens with one attached hydrogen (secondary N) is 2. The minimum Gasteiger partial charge on any atom is -0.353 e. The Bertz CT molecular complexity index is 990. The van der Waals surface area contributed by atoms with Crippen molar-refractivity contribution >= 4 is 30.5 Å². The van der Waals surface area contributed by atoms with Gasteiger partial charge in [0.05, 0.1) is 5.69 Å². The maximum absolute atomic E-state index is 14.1. The van der Waals surface area contributed by atoms with E-state index < -0.39 is 17.3 Å². The molecule has 2 aromatic heterocycles. The molecule has 2 atom stereocenters. The van der Waals surface area contributed by atoms with Gasteiger partial charge in [-0.3, -0.25) is 5.10 Å². The van der Waals surface area contributed by atoms with E-state index in [1.165, 1.54) is 9.71 Å². The molecule has 3 nitrogen and oxygen atoms in total. The van der Waals surface area contributed by atoms with Crippen molar-refractivity contribution in [3.63, 3.8) is 0 Å². The minimum atomic E-state index is -2.55. The molecule has 6 heteroatoms. The Balaban J connectivity index is 1.55. The Morgan fingerprint density at radius 3 is 2.96 bits per heavy atom. The molecule has 0 spiro atoms. The van der Waals surface area contributed by atoms with E-state index in [0.29, 0.717) is 28.1 Å². The van der Waals surface area contributed by atoms with Crippen LogP contribution in [-0.4, -0.2) is 36.3 Å². The predicted octanol–water partition coefficient (Wildman–Crippen LogP) is 3.70. The Morgan fingerprint density at radius 1 is 1.32 bits per heavy atom. The molecular weight excluding hydrogens is 335 g/mol. The van der Waals surface area contributed by atoms with Crippen molar-refractivity contribution in [1.29, 1.82) is 0 Å². The summed E-state index contributed by atoms with van der Waals surface area (Å²) in [6, 6.07) is 8.62. The third-order valence-corrected chi connectivity index (χ3v) is 7.37. The molecule has 1 fully saturated rings. The highest BCUT2D eigenvalue weighted by Crippen LogP contribution is 2.70. The lowest BCUT2D eigenvalue weighted by Gasteiger charge is -2.15. The molecule has 1 radical (unpaired) electrons. The summed E-state index contributed by atoms with van der Waals surface area (Å²) in [4.78, 5) is 3.45. The highest BCUT2D eigenvalue weighted by molar-refractivity contribution is 6.53. The van der Waals surface area contributed by atoms with Crippen LogP contribution in [0.2, 0.25) is 5.28 Å². The first-order valence-corrected chi connectivity index (χ1v) is 10.2. The van der Waals surface area contributed by atoms with Gasteiger partial charge in [-0.1, -0.05) is 32.0 Å². The number of nitrogens with zero attached hydrogens (tertiary/aromatic N) is 1. The fraction of sp³-hybridized carbons (Fsp3) is 0.421. The number of rotatable bonds is 3. The summed E-state index contributed by atoms with van der Waals surface area (Å²) in [5, 5.41) is 9.82. The topological polar surface area (TPSA) is 44.5 Å². The van der Waals surface area contributed by atoms with Gasteiger partial charge in [-0.2, -0.15) is 5.10 Å². The first-order valence-electron chi connectivity index (χ1n) is 8.84. The van der Waals surface area contributed by atoms with Crippen LogP contribution in [0.1, 0.15) is 25.1 Å². The van der Waals surface area contributed by atoms with Crippen molar-refractivity contribution in [2.45, 2.75) is 37.9 Å². The van der Waals surface area contributed by atoms with E-state index in [1.54, 1.807) is 6.92 Å². The second-order valence-corrected chi connectivity index (χ2v) is 9.54. The molecule has 2 aliphatic carbocycles. The van der Waals surface area contributed by atoms with E-state index in [9.17, 15) is 8.78 Å². The lowest BCUT2D eigenvalue weighted by Crippen LogP contribution is -2.14. The molecule has 0 amide bonds. The molecule has 5 rings (SSSR count). The molecule has 2 heterocycles. The van der Waals surface area contributed by atoms with Gasteiger partial charge in [-0.15, -0.1) is 9.71 Å². The summed E-state index contributed by atoms with van der Waals surface area (Å²) in [5.41, 5.74) is 3.78. The Morgan fingerprint density at radius 2 is 2.16 bits per heavy atom. The maximum atomic E-state index is 14.1. The molecular formula is C19H19AlF2N3. The second-order valence-electron chi connectivity index (χ2n) is 7.65. The van der Waals surface area contributed by atoms with E-state index in [4.69, 9.17) is 0 Å². The van der Waals surface area contributed by atoms with Crippen molar-refractivity contribution < 1.29 is 8.78 Å². The van der Waals surface area contributed by atoms with Crippen LogP contribution in [0.4, 0.5) is 8.78 Å².